The van der Waals surface area contributed by atoms with Crippen LogP contribution in [-0.2, 0) is 14.4 Å². The third-order valence-corrected chi connectivity index (χ3v) is 4.95. The molecule has 6 heteroatoms. The molecule has 1 atom stereocenters. The van der Waals surface area contributed by atoms with Gasteiger partial charge < -0.3 is 15.5 Å². The predicted octanol–water partition coefficient (Wildman–Crippen LogP) is 5.46. The normalized spacial score (nSPS) is 12.2. The Hall–Kier alpha value is -1.85. The zero-order chi connectivity index (χ0) is 21.7. The van der Waals surface area contributed by atoms with Gasteiger partial charge in [0.15, 0.2) is 0 Å². The van der Waals surface area contributed by atoms with E-state index in [-0.39, 0.29) is 25.2 Å². The van der Waals surface area contributed by atoms with E-state index in [9.17, 15) is 14.4 Å². The number of allylic oxidation sites excluding steroid dienone is 2. The van der Waals surface area contributed by atoms with Crippen molar-refractivity contribution in [1.82, 2.24) is 5.32 Å². The topological polar surface area (TPSA) is 104 Å². The quantitative estimate of drug-likeness (QED) is 0.182. The smallest absolute Gasteiger partial charge is 0.326 e. The van der Waals surface area contributed by atoms with Gasteiger partial charge in [-0.1, -0.05) is 70.4 Å². The molecule has 0 aromatic heterocycles. The average molecular weight is 412 g/mol. The van der Waals surface area contributed by atoms with Gasteiger partial charge >= 0.3 is 11.9 Å². The van der Waals surface area contributed by atoms with Gasteiger partial charge in [0.2, 0.25) is 5.91 Å². The number of carboxylic acid groups (broad SMARTS) is 2. The molecule has 0 aromatic rings. The van der Waals surface area contributed by atoms with Crippen molar-refractivity contribution < 1.29 is 24.6 Å². The summed E-state index contributed by atoms with van der Waals surface area (Å²) in [5.74, 6) is -2.58. The number of hydrogen-bond acceptors (Lipinski definition) is 3. The first-order chi connectivity index (χ1) is 14.0. The second kappa shape index (κ2) is 19.5. The van der Waals surface area contributed by atoms with Gasteiger partial charge in [-0.25, -0.2) is 4.79 Å². The molecular weight excluding hydrogens is 370 g/mol. The molecule has 6 nitrogen and oxygen atoms in total. The van der Waals surface area contributed by atoms with E-state index >= 15 is 0 Å². The van der Waals surface area contributed by atoms with Gasteiger partial charge in [0.05, 0.1) is 0 Å². The Morgan fingerprint density at radius 2 is 1.28 bits per heavy atom. The highest BCUT2D eigenvalue weighted by molar-refractivity contribution is 5.83. The molecule has 0 rings (SSSR count). The van der Waals surface area contributed by atoms with Gasteiger partial charge in [-0.15, -0.1) is 0 Å². The SMILES string of the molecule is CCCCCCCC/C=C/CCCCCCCC(=O)N[C@@H](CCC(=O)O)C(=O)O. The van der Waals surface area contributed by atoms with Crippen LogP contribution >= 0.6 is 0 Å². The molecule has 0 aliphatic rings. The van der Waals surface area contributed by atoms with Crippen LogP contribution in [0.4, 0.5) is 0 Å². The van der Waals surface area contributed by atoms with Gasteiger partial charge in [0.1, 0.15) is 6.04 Å². The summed E-state index contributed by atoms with van der Waals surface area (Å²) in [4.78, 5) is 33.4. The molecule has 0 heterocycles. The first-order valence-electron chi connectivity index (χ1n) is 11.4. The molecule has 0 fully saturated rings. The fourth-order valence-corrected chi connectivity index (χ4v) is 3.15. The number of carbonyl (C=O) groups excluding carboxylic acids is 1. The van der Waals surface area contributed by atoms with Crippen molar-refractivity contribution in [1.29, 1.82) is 0 Å². The highest BCUT2D eigenvalue weighted by atomic mass is 16.4. The van der Waals surface area contributed by atoms with Crippen molar-refractivity contribution in [3.63, 3.8) is 0 Å². The summed E-state index contributed by atoms with van der Waals surface area (Å²) in [5, 5.41) is 20.1. The van der Waals surface area contributed by atoms with Crippen LogP contribution in [0.1, 0.15) is 110 Å². The molecule has 0 saturated carbocycles. The Morgan fingerprint density at radius 3 is 1.79 bits per heavy atom. The largest absolute Gasteiger partial charge is 0.481 e. The van der Waals surface area contributed by atoms with Crippen molar-refractivity contribution in [3.8, 4) is 0 Å². The lowest BCUT2D eigenvalue weighted by atomic mass is 10.1. The van der Waals surface area contributed by atoms with Gasteiger partial charge in [-0.3, -0.25) is 9.59 Å². The Bertz CT molecular complexity index is 476. The standard InChI is InChI=1S/C23H41NO5/c1-2-3-4-5-6-7-8-9-10-11-12-13-14-15-16-17-21(25)24-20(23(28)29)18-19-22(26)27/h9-10,20H,2-8,11-19H2,1H3,(H,24,25)(H,26,27)(H,28,29)/b10-9+/t20-/m0/s1. The van der Waals surface area contributed by atoms with Gasteiger partial charge in [-0.2, -0.15) is 0 Å². The van der Waals surface area contributed by atoms with E-state index in [2.05, 4.69) is 24.4 Å². The van der Waals surface area contributed by atoms with Crippen LogP contribution in [0, 0.1) is 0 Å². The number of nitrogens with one attached hydrogen (secondary N) is 1. The zero-order valence-electron chi connectivity index (χ0n) is 18.2. The summed E-state index contributed by atoms with van der Waals surface area (Å²) in [6.45, 7) is 2.24. The fourth-order valence-electron chi connectivity index (χ4n) is 3.15. The van der Waals surface area contributed by atoms with Crippen LogP contribution < -0.4 is 5.32 Å². The number of carbonyl (C=O) groups is 3. The minimum absolute atomic E-state index is 0.0945. The third-order valence-electron chi connectivity index (χ3n) is 4.95. The summed E-state index contributed by atoms with van der Waals surface area (Å²) in [5.41, 5.74) is 0. The maximum absolute atomic E-state index is 11.8. The van der Waals surface area contributed by atoms with E-state index in [1.54, 1.807) is 0 Å². The fraction of sp³-hybridized carbons (Fsp3) is 0.783. The van der Waals surface area contributed by atoms with Crippen LogP contribution in [0.3, 0.4) is 0 Å². The maximum Gasteiger partial charge on any atom is 0.326 e. The molecule has 0 radical (unpaired) electrons. The van der Waals surface area contributed by atoms with Gasteiger partial charge in [0.25, 0.3) is 0 Å². The lowest BCUT2D eigenvalue weighted by Crippen LogP contribution is -2.41. The van der Waals surface area contributed by atoms with E-state index in [1.807, 2.05) is 0 Å². The molecule has 0 spiro atoms. The van der Waals surface area contributed by atoms with Crippen LogP contribution in [0.25, 0.3) is 0 Å². The van der Waals surface area contributed by atoms with Crippen molar-refractivity contribution in [2.24, 2.45) is 0 Å². The zero-order valence-corrected chi connectivity index (χ0v) is 18.2. The molecule has 1 amide bonds. The van der Waals surface area contributed by atoms with Crippen molar-refractivity contribution in [2.75, 3.05) is 0 Å². The van der Waals surface area contributed by atoms with E-state index in [0.29, 0.717) is 0 Å². The Balaban J connectivity index is 3.54. The van der Waals surface area contributed by atoms with E-state index in [1.165, 1.54) is 44.9 Å². The highest BCUT2D eigenvalue weighted by Crippen LogP contribution is 2.10. The molecule has 168 valence electrons. The molecule has 0 bridgehead atoms. The molecule has 29 heavy (non-hydrogen) atoms. The van der Waals surface area contributed by atoms with Crippen LogP contribution in [0.2, 0.25) is 0 Å². The molecule has 0 saturated heterocycles. The van der Waals surface area contributed by atoms with Crippen molar-refractivity contribution in [3.05, 3.63) is 12.2 Å². The lowest BCUT2D eigenvalue weighted by Gasteiger charge is -2.13. The summed E-state index contributed by atoms with van der Waals surface area (Å²) in [6.07, 6.45) is 19.9. The molecular formula is C23H41NO5. The molecule has 3 N–H and O–H groups in total. The minimum atomic E-state index is -1.19. The lowest BCUT2D eigenvalue weighted by molar-refractivity contribution is -0.143. The number of hydrogen-bond donors (Lipinski definition) is 3. The second-order valence-corrected chi connectivity index (χ2v) is 7.73. The van der Waals surface area contributed by atoms with Gasteiger partial charge in [0, 0.05) is 12.8 Å². The minimum Gasteiger partial charge on any atom is -0.481 e. The number of amides is 1. The summed E-state index contributed by atoms with van der Waals surface area (Å²) in [7, 11) is 0. The maximum atomic E-state index is 11.8. The van der Waals surface area contributed by atoms with Crippen molar-refractivity contribution >= 4 is 17.8 Å². The average Bonchev–Trinajstić information content (AvgIpc) is 2.67. The second-order valence-electron chi connectivity index (χ2n) is 7.73. The monoisotopic (exact) mass is 411 g/mol. The molecule has 0 unspecified atom stereocenters. The van der Waals surface area contributed by atoms with E-state index in [4.69, 9.17) is 10.2 Å². The summed E-state index contributed by atoms with van der Waals surface area (Å²) in [6, 6.07) is -1.12. The number of aliphatic carboxylic acids is 2. The molecule has 0 aliphatic heterocycles. The Labute approximate surface area is 176 Å². The van der Waals surface area contributed by atoms with Crippen LogP contribution in [-0.4, -0.2) is 34.1 Å². The van der Waals surface area contributed by atoms with Crippen molar-refractivity contribution in [2.45, 2.75) is 116 Å². The summed E-state index contributed by atoms with van der Waals surface area (Å²) >= 11 is 0. The van der Waals surface area contributed by atoms with E-state index in [0.717, 1.165) is 38.5 Å². The van der Waals surface area contributed by atoms with E-state index < -0.39 is 18.0 Å². The number of unbranched alkanes of at least 4 members (excludes halogenated alkanes) is 11. The Kier molecular flexibility index (Phi) is 18.2. The third kappa shape index (κ3) is 19.2. The summed E-state index contributed by atoms with van der Waals surface area (Å²) < 4.78 is 0. The molecule has 0 aromatic carbocycles. The first-order valence-corrected chi connectivity index (χ1v) is 11.4. The highest BCUT2D eigenvalue weighted by Gasteiger charge is 2.20. The first kappa shape index (κ1) is 27.1. The van der Waals surface area contributed by atoms with Crippen LogP contribution in [0.15, 0.2) is 12.2 Å². The van der Waals surface area contributed by atoms with Gasteiger partial charge in [-0.05, 0) is 38.5 Å². The van der Waals surface area contributed by atoms with Crippen LogP contribution in [0.5, 0.6) is 0 Å². The number of rotatable bonds is 20. The number of carboxylic acids is 2. The Morgan fingerprint density at radius 1 is 0.759 bits per heavy atom. The predicted molar refractivity (Wildman–Crippen MR) is 116 cm³/mol. The molecule has 0 aliphatic carbocycles.